The van der Waals surface area contributed by atoms with Crippen molar-refractivity contribution in [2.45, 2.75) is 41.0 Å². The van der Waals surface area contributed by atoms with E-state index in [2.05, 4.69) is 34.6 Å². The van der Waals surface area contributed by atoms with Gasteiger partial charge in [-0.15, -0.1) is 0 Å². The fourth-order valence-corrected chi connectivity index (χ4v) is 1.46. The van der Waals surface area contributed by atoms with Crippen LogP contribution < -0.4 is 5.73 Å². The molecule has 0 aromatic carbocycles. The molecule has 0 aliphatic rings. The summed E-state index contributed by atoms with van der Waals surface area (Å²) in [5.41, 5.74) is 6.10. The number of hydrogen-bond acceptors (Lipinski definition) is 1. The van der Waals surface area contributed by atoms with Gasteiger partial charge < -0.3 is 5.73 Å². The summed E-state index contributed by atoms with van der Waals surface area (Å²) in [5, 5.41) is 0. The van der Waals surface area contributed by atoms with E-state index in [0.29, 0.717) is 5.41 Å². The maximum absolute atomic E-state index is 5.76. The summed E-state index contributed by atoms with van der Waals surface area (Å²) in [6.45, 7) is 12.2. The maximum Gasteiger partial charge on any atom is -0.00206 e. The molecule has 2 unspecified atom stereocenters. The van der Waals surface area contributed by atoms with Crippen molar-refractivity contribution in [1.82, 2.24) is 0 Å². The Labute approximate surface area is 71.4 Å². The lowest BCUT2D eigenvalue weighted by atomic mass is 9.71. The normalized spacial score (nSPS) is 19.9. The van der Waals surface area contributed by atoms with Crippen LogP contribution in [0.1, 0.15) is 41.0 Å². The van der Waals surface area contributed by atoms with E-state index in [4.69, 9.17) is 5.73 Å². The second kappa shape index (κ2) is 4.10. The Morgan fingerprint density at radius 1 is 1.27 bits per heavy atom. The minimum atomic E-state index is 0.341. The topological polar surface area (TPSA) is 26.0 Å². The van der Waals surface area contributed by atoms with Crippen molar-refractivity contribution in [3.8, 4) is 0 Å². The maximum atomic E-state index is 5.76. The Kier molecular flexibility index (Phi) is 4.09. The van der Waals surface area contributed by atoms with E-state index in [1.165, 1.54) is 6.42 Å². The van der Waals surface area contributed by atoms with Gasteiger partial charge in [-0.3, -0.25) is 0 Å². The molecular formula is C10H23N. The van der Waals surface area contributed by atoms with E-state index in [-0.39, 0.29) is 0 Å². The van der Waals surface area contributed by atoms with Crippen molar-refractivity contribution in [2.75, 3.05) is 6.54 Å². The number of nitrogens with two attached hydrogens (primary N) is 1. The third kappa shape index (κ3) is 2.48. The molecule has 0 rings (SSSR count). The highest BCUT2D eigenvalue weighted by molar-refractivity contribution is 4.81. The predicted molar refractivity (Wildman–Crippen MR) is 51.5 cm³/mol. The average Bonchev–Trinajstić information content (AvgIpc) is 2.01. The van der Waals surface area contributed by atoms with Gasteiger partial charge in [0.1, 0.15) is 0 Å². The second-order valence-corrected chi connectivity index (χ2v) is 4.24. The molecular weight excluding hydrogens is 134 g/mol. The molecule has 0 aromatic heterocycles. The zero-order valence-electron chi connectivity index (χ0n) is 8.65. The van der Waals surface area contributed by atoms with Gasteiger partial charge in [-0.1, -0.05) is 34.6 Å². The Balaban J connectivity index is 4.24. The Morgan fingerprint density at radius 3 is 1.82 bits per heavy atom. The van der Waals surface area contributed by atoms with Gasteiger partial charge in [-0.2, -0.15) is 0 Å². The van der Waals surface area contributed by atoms with Crippen LogP contribution in [0, 0.1) is 17.3 Å². The summed E-state index contributed by atoms with van der Waals surface area (Å²) in [6, 6.07) is 0. The smallest absolute Gasteiger partial charge is 0.00206 e. The Hall–Kier alpha value is -0.0400. The van der Waals surface area contributed by atoms with Gasteiger partial charge in [-0.05, 0) is 30.2 Å². The molecule has 0 saturated carbocycles. The molecule has 2 atom stereocenters. The lowest BCUT2D eigenvalue weighted by Crippen LogP contribution is -2.35. The van der Waals surface area contributed by atoms with Crippen LogP contribution in [0.5, 0.6) is 0 Å². The molecule has 0 spiro atoms. The molecule has 0 fully saturated rings. The quantitative estimate of drug-likeness (QED) is 0.667. The van der Waals surface area contributed by atoms with Gasteiger partial charge in [-0.25, -0.2) is 0 Å². The summed E-state index contributed by atoms with van der Waals surface area (Å²) in [4.78, 5) is 0. The zero-order chi connectivity index (χ0) is 9.07. The van der Waals surface area contributed by atoms with E-state index in [9.17, 15) is 0 Å². The molecule has 1 heteroatoms. The van der Waals surface area contributed by atoms with Crippen LogP contribution in [0.15, 0.2) is 0 Å². The zero-order valence-corrected chi connectivity index (χ0v) is 8.65. The van der Waals surface area contributed by atoms with Crippen molar-refractivity contribution in [1.29, 1.82) is 0 Å². The van der Waals surface area contributed by atoms with Crippen LogP contribution in [-0.4, -0.2) is 6.54 Å². The summed E-state index contributed by atoms with van der Waals surface area (Å²) < 4.78 is 0. The van der Waals surface area contributed by atoms with Crippen LogP contribution in [0.4, 0.5) is 0 Å². The summed E-state index contributed by atoms with van der Waals surface area (Å²) in [7, 11) is 0. The molecule has 0 radical (unpaired) electrons. The van der Waals surface area contributed by atoms with Crippen molar-refractivity contribution in [2.24, 2.45) is 23.0 Å². The highest BCUT2D eigenvalue weighted by Crippen LogP contribution is 2.34. The van der Waals surface area contributed by atoms with Crippen molar-refractivity contribution in [3.63, 3.8) is 0 Å². The van der Waals surface area contributed by atoms with E-state index in [1.807, 2.05) is 0 Å². The number of hydrogen-bond donors (Lipinski definition) is 1. The Bertz CT molecular complexity index is 103. The van der Waals surface area contributed by atoms with E-state index >= 15 is 0 Å². The molecule has 0 aliphatic heterocycles. The monoisotopic (exact) mass is 157 g/mol. The molecule has 0 bridgehead atoms. The van der Waals surface area contributed by atoms with Crippen LogP contribution in [0.2, 0.25) is 0 Å². The van der Waals surface area contributed by atoms with Crippen LogP contribution in [0.25, 0.3) is 0 Å². The minimum Gasteiger partial charge on any atom is -0.330 e. The van der Waals surface area contributed by atoms with Crippen LogP contribution >= 0.6 is 0 Å². The first kappa shape index (κ1) is 11.0. The molecule has 0 saturated heterocycles. The summed E-state index contributed by atoms with van der Waals surface area (Å²) >= 11 is 0. The third-order valence-electron chi connectivity index (χ3n) is 3.37. The lowest BCUT2D eigenvalue weighted by Gasteiger charge is -2.36. The highest BCUT2D eigenvalue weighted by atomic mass is 14.6. The minimum absolute atomic E-state index is 0.341. The van der Waals surface area contributed by atoms with Gasteiger partial charge in [0, 0.05) is 0 Å². The average molecular weight is 157 g/mol. The van der Waals surface area contributed by atoms with E-state index in [1.54, 1.807) is 0 Å². The van der Waals surface area contributed by atoms with Gasteiger partial charge >= 0.3 is 0 Å². The third-order valence-corrected chi connectivity index (χ3v) is 3.37. The van der Waals surface area contributed by atoms with Gasteiger partial charge in [0.2, 0.25) is 0 Å². The Morgan fingerprint density at radius 2 is 1.73 bits per heavy atom. The number of rotatable bonds is 4. The first-order valence-corrected chi connectivity index (χ1v) is 4.68. The first-order valence-electron chi connectivity index (χ1n) is 4.68. The van der Waals surface area contributed by atoms with Crippen LogP contribution in [-0.2, 0) is 0 Å². The first-order chi connectivity index (χ1) is 4.98. The SMILES string of the molecule is CCC(C)(CN)C(C)C(C)C. The van der Waals surface area contributed by atoms with Gasteiger partial charge in [0.15, 0.2) is 0 Å². The summed E-state index contributed by atoms with van der Waals surface area (Å²) in [5.74, 6) is 1.46. The predicted octanol–water partition coefficient (Wildman–Crippen LogP) is 2.65. The molecule has 0 heterocycles. The van der Waals surface area contributed by atoms with Crippen molar-refractivity contribution >= 4 is 0 Å². The molecule has 0 amide bonds. The highest BCUT2D eigenvalue weighted by Gasteiger charge is 2.29. The standard InChI is InChI=1S/C10H23N/c1-6-10(5,7-11)9(4)8(2)3/h8-9H,6-7,11H2,1-5H3. The molecule has 0 aliphatic carbocycles. The lowest BCUT2D eigenvalue weighted by molar-refractivity contribution is 0.154. The van der Waals surface area contributed by atoms with E-state index in [0.717, 1.165) is 18.4 Å². The fraction of sp³-hybridized carbons (Fsp3) is 1.00. The van der Waals surface area contributed by atoms with Crippen molar-refractivity contribution < 1.29 is 0 Å². The van der Waals surface area contributed by atoms with Crippen LogP contribution in [0.3, 0.4) is 0 Å². The van der Waals surface area contributed by atoms with Gasteiger partial charge in [0.05, 0.1) is 0 Å². The molecule has 1 nitrogen and oxygen atoms in total. The van der Waals surface area contributed by atoms with Gasteiger partial charge in [0.25, 0.3) is 0 Å². The van der Waals surface area contributed by atoms with E-state index < -0.39 is 0 Å². The molecule has 68 valence electrons. The molecule has 11 heavy (non-hydrogen) atoms. The second-order valence-electron chi connectivity index (χ2n) is 4.24. The largest absolute Gasteiger partial charge is 0.330 e. The fourth-order valence-electron chi connectivity index (χ4n) is 1.46. The molecule has 0 aromatic rings. The summed E-state index contributed by atoms with van der Waals surface area (Å²) in [6.07, 6.45) is 1.18. The molecule has 2 N–H and O–H groups in total. The van der Waals surface area contributed by atoms with Crippen molar-refractivity contribution in [3.05, 3.63) is 0 Å².